The summed E-state index contributed by atoms with van der Waals surface area (Å²) in [7, 11) is 1.64. The van der Waals surface area contributed by atoms with E-state index in [1.165, 1.54) is 9.70 Å². The van der Waals surface area contributed by atoms with Crippen LogP contribution in [0.15, 0.2) is 0 Å². The molecule has 2 rings (SSSR count). The quantitative estimate of drug-likeness (QED) is 0.630. The third-order valence-electron chi connectivity index (χ3n) is 2.44. The molecule has 0 saturated carbocycles. The second-order valence-electron chi connectivity index (χ2n) is 3.61. The summed E-state index contributed by atoms with van der Waals surface area (Å²) in [5.41, 5.74) is 0. The summed E-state index contributed by atoms with van der Waals surface area (Å²) in [6.07, 6.45) is 0. The Kier molecular flexibility index (Phi) is 2.55. The molecule has 1 atom stereocenters. The van der Waals surface area contributed by atoms with Gasteiger partial charge in [0.1, 0.15) is 6.04 Å². The molecular weight excluding hydrogens is 212 g/mol. The molecule has 86 valence electrons. The zero-order valence-electron chi connectivity index (χ0n) is 9.04. The summed E-state index contributed by atoms with van der Waals surface area (Å²) in [6, 6.07) is -0.495. The van der Waals surface area contributed by atoms with Crippen LogP contribution in [-0.4, -0.2) is 49.5 Å². The highest BCUT2D eigenvalue weighted by Crippen LogP contribution is 2.08. The van der Waals surface area contributed by atoms with Gasteiger partial charge < -0.3 is 10.2 Å². The lowest BCUT2D eigenvalue weighted by Gasteiger charge is -2.31. The number of carbonyl (C=O) groups is 2. The first-order valence-electron chi connectivity index (χ1n) is 4.88. The normalized spacial score (nSPS) is 21.1. The van der Waals surface area contributed by atoms with E-state index in [-0.39, 0.29) is 24.9 Å². The Morgan fingerprint density at radius 1 is 1.50 bits per heavy atom. The van der Waals surface area contributed by atoms with Crippen molar-refractivity contribution < 1.29 is 9.59 Å². The van der Waals surface area contributed by atoms with Crippen molar-refractivity contribution in [2.24, 2.45) is 7.05 Å². The minimum Gasteiger partial charge on any atom is -0.345 e. The van der Waals surface area contributed by atoms with Crippen LogP contribution in [0.25, 0.3) is 0 Å². The average Bonchev–Trinajstić information content (AvgIpc) is 2.65. The maximum absolute atomic E-state index is 11.6. The molecule has 8 nitrogen and oxygen atoms in total. The molecule has 0 radical (unpaired) electrons. The molecule has 2 heterocycles. The molecule has 0 spiro atoms. The van der Waals surface area contributed by atoms with E-state index in [4.69, 9.17) is 0 Å². The lowest BCUT2D eigenvalue weighted by atomic mass is 10.2. The van der Waals surface area contributed by atoms with Crippen LogP contribution in [0.1, 0.15) is 12.7 Å². The van der Waals surface area contributed by atoms with Crippen LogP contribution in [-0.2, 0) is 23.2 Å². The fourth-order valence-electron chi connectivity index (χ4n) is 1.53. The van der Waals surface area contributed by atoms with Gasteiger partial charge in [0.15, 0.2) is 5.82 Å². The van der Waals surface area contributed by atoms with E-state index in [9.17, 15) is 9.59 Å². The first-order valence-corrected chi connectivity index (χ1v) is 4.88. The van der Waals surface area contributed by atoms with Gasteiger partial charge in [-0.1, -0.05) is 0 Å². The molecule has 1 aliphatic heterocycles. The standard InChI is InChI=1S/C8H12N6O2/c1-5-8(16)9-3-7(15)14(5)4-6-10-12-13(2)11-6/h5H,3-4H2,1-2H3,(H,9,16). The van der Waals surface area contributed by atoms with E-state index in [1.54, 1.807) is 14.0 Å². The summed E-state index contributed by atoms with van der Waals surface area (Å²) in [6.45, 7) is 1.91. The van der Waals surface area contributed by atoms with Crippen LogP contribution < -0.4 is 5.32 Å². The van der Waals surface area contributed by atoms with Crippen molar-refractivity contribution in [3.8, 4) is 0 Å². The molecule has 1 unspecified atom stereocenters. The van der Waals surface area contributed by atoms with Gasteiger partial charge in [-0.3, -0.25) is 9.59 Å². The average molecular weight is 224 g/mol. The number of nitrogens with zero attached hydrogens (tertiary/aromatic N) is 5. The second-order valence-corrected chi connectivity index (χ2v) is 3.61. The minimum absolute atomic E-state index is 0.0312. The zero-order chi connectivity index (χ0) is 11.7. The van der Waals surface area contributed by atoms with Crippen molar-refractivity contribution in [2.45, 2.75) is 19.5 Å². The third-order valence-corrected chi connectivity index (χ3v) is 2.44. The number of carbonyl (C=O) groups excluding carboxylic acids is 2. The maximum Gasteiger partial charge on any atom is 0.243 e. The van der Waals surface area contributed by atoms with Crippen LogP contribution >= 0.6 is 0 Å². The highest BCUT2D eigenvalue weighted by molar-refractivity contribution is 5.94. The summed E-state index contributed by atoms with van der Waals surface area (Å²) < 4.78 is 0. The molecule has 0 aliphatic carbocycles. The van der Waals surface area contributed by atoms with Crippen LogP contribution in [0.3, 0.4) is 0 Å². The molecular formula is C8H12N6O2. The van der Waals surface area contributed by atoms with E-state index in [1.807, 2.05) is 0 Å². The van der Waals surface area contributed by atoms with Gasteiger partial charge in [0.2, 0.25) is 11.8 Å². The molecule has 0 bridgehead atoms. The number of hydrogen-bond acceptors (Lipinski definition) is 5. The summed E-state index contributed by atoms with van der Waals surface area (Å²) >= 11 is 0. The number of nitrogens with one attached hydrogen (secondary N) is 1. The number of hydrogen-bond donors (Lipinski definition) is 1. The Bertz CT molecular complexity index is 428. The predicted octanol–water partition coefficient (Wildman–Crippen LogP) is -1.94. The fraction of sp³-hybridized carbons (Fsp3) is 0.625. The summed E-state index contributed by atoms with van der Waals surface area (Å²) in [4.78, 5) is 25.7. The van der Waals surface area contributed by atoms with Gasteiger partial charge in [-0.25, -0.2) is 0 Å². The van der Waals surface area contributed by atoms with Crippen LogP contribution in [0.2, 0.25) is 0 Å². The minimum atomic E-state index is -0.495. The molecule has 0 aromatic carbocycles. The molecule has 16 heavy (non-hydrogen) atoms. The maximum atomic E-state index is 11.6. The molecule has 2 amide bonds. The Labute approximate surface area is 91.6 Å². The Hall–Kier alpha value is -1.99. The van der Waals surface area contributed by atoms with Crippen molar-refractivity contribution >= 4 is 11.8 Å². The smallest absolute Gasteiger partial charge is 0.243 e. The number of aryl methyl sites for hydroxylation is 1. The highest BCUT2D eigenvalue weighted by atomic mass is 16.2. The van der Waals surface area contributed by atoms with Gasteiger partial charge in [0.05, 0.1) is 20.1 Å². The number of tetrazole rings is 1. The molecule has 1 aromatic heterocycles. The molecule has 1 N–H and O–H groups in total. The van der Waals surface area contributed by atoms with E-state index < -0.39 is 6.04 Å². The van der Waals surface area contributed by atoms with Gasteiger partial charge in [0.25, 0.3) is 0 Å². The fourth-order valence-corrected chi connectivity index (χ4v) is 1.53. The van der Waals surface area contributed by atoms with Gasteiger partial charge in [-0.2, -0.15) is 4.80 Å². The lowest BCUT2D eigenvalue weighted by Crippen LogP contribution is -2.56. The highest BCUT2D eigenvalue weighted by Gasteiger charge is 2.31. The Morgan fingerprint density at radius 3 is 2.88 bits per heavy atom. The van der Waals surface area contributed by atoms with Crippen LogP contribution in [0, 0.1) is 0 Å². The SMILES string of the molecule is CC1C(=O)NCC(=O)N1Cc1nnn(C)n1. The van der Waals surface area contributed by atoms with E-state index in [2.05, 4.69) is 20.7 Å². The van der Waals surface area contributed by atoms with Gasteiger partial charge >= 0.3 is 0 Å². The van der Waals surface area contributed by atoms with E-state index >= 15 is 0 Å². The Balaban J connectivity index is 2.12. The molecule has 1 saturated heterocycles. The zero-order valence-corrected chi connectivity index (χ0v) is 9.04. The van der Waals surface area contributed by atoms with Crippen molar-refractivity contribution in [3.63, 3.8) is 0 Å². The number of aromatic nitrogens is 4. The van der Waals surface area contributed by atoms with Crippen molar-refractivity contribution in [2.75, 3.05) is 6.54 Å². The first-order chi connectivity index (χ1) is 7.58. The molecule has 1 fully saturated rings. The number of piperazine rings is 1. The number of amides is 2. The van der Waals surface area contributed by atoms with Gasteiger partial charge in [-0.05, 0) is 12.1 Å². The summed E-state index contributed by atoms with van der Waals surface area (Å²) in [5.74, 6) is 0.125. The van der Waals surface area contributed by atoms with E-state index in [0.29, 0.717) is 5.82 Å². The summed E-state index contributed by atoms with van der Waals surface area (Å²) in [5, 5.41) is 13.9. The van der Waals surface area contributed by atoms with Crippen LogP contribution in [0.5, 0.6) is 0 Å². The third kappa shape index (κ3) is 1.86. The molecule has 1 aliphatic rings. The largest absolute Gasteiger partial charge is 0.345 e. The first kappa shape index (κ1) is 10.5. The monoisotopic (exact) mass is 224 g/mol. The van der Waals surface area contributed by atoms with Crippen molar-refractivity contribution in [1.29, 1.82) is 0 Å². The van der Waals surface area contributed by atoms with Crippen LogP contribution in [0.4, 0.5) is 0 Å². The van der Waals surface area contributed by atoms with Gasteiger partial charge in [0, 0.05) is 0 Å². The topological polar surface area (TPSA) is 93.0 Å². The second kappa shape index (κ2) is 3.87. The Morgan fingerprint density at radius 2 is 2.25 bits per heavy atom. The van der Waals surface area contributed by atoms with Gasteiger partial charge in [-0.15, -0.1) is 10.2 Å². The molecule has 8 heteroatoms. The number of rotatable bonds is 2. The predicted molar refractivity (Wildman–Crippen MR) is 51.8 cm³/mol. The lowest BCUT2D eigenvalue weighted by molar-refractivity contribution is -0.145. The van der Waals surface area contributed by atoms with Crippen molar-refractivity contribution in [3.05, 3.63) is 5.82 Å². The molecule has 1 aromatic rings. The van der Waals surface area contributed by atoms with Crippen molar-refractivity contribution in [1.82, 2.24) is 30.4 Å². The van der Waals surface area contributed by atoms with E-state index in [0.717, 1.165) is 0 Å².